The smallest absolute Gasteiger partial charge is 0.306 e. The van der Waals surface area contributed by atoms with Crippen LogP contribution < -0.4 is 0 Å². The Morgan fingerprint density at radius 2 is 1.77 bits per heavy atom. The second-order valence-corrected chi connectivity index (χ2v) is 4.90. The van der Waals surface area contributed by atoms with E-state index in [-0.39, 0.29) is 11.3 Å². The predicted molar refractivity (Wildman–Crippen MR) is 50.4 cm³/mol. The van der Waals surface area contributed by atoms with Crippen molar-refractivity contribution in [1.82, 2.24) is 0 Å². The highest BCUT2D eigenvalue weighted by molar-refractivity contribution is 5.70. The summed E-state index contributed by atoms with van der Waals surface area (Å²) in [5.74, 6) is 0.192. The molecule has 0 radical (unpaired) electrons. The fourth-order valence-corrected chi connectivity index (χ4v) is 3.19. The number of fused-ring (bicyclic) bond motifs is 3. The van der Waals surface area contributed by atoms with Gasteiger partial charge in [0.1, 0.15) is 0 Å². The van der Waals surface area contributed by atoms with Crippen LogP contribution in [0.2, 0.25) is 0 Å². The van der Waals surface area contributed by atoms with Crippen molar-refractivity contribution < 1.29 is 9.90 Å². The number of carboxylic acids is 1. The summed E-state index contributed by atoms with van der Waals surface area (Å²) in [7, 11) is 0. The van der Waals surface area contributed by atoms with Crippen LogP contribution in [0.1, 0.15) is 45.4 Å². The Hall–Kier alpha value is -0.530. The molecule has 2 nitrogen and oxygen atoms in total. The molecule has 0 aromatic heterocycles. The van der Waals surface area contributed by atoms with Gasteiger partial charge in [-0.15, -0.1) is 0 Å². The molecule has 1 N–H and O–H groups in total. The SMILES string of the molecule is CC(C(=O)O)C12CCC(CC1)CC2. The first-order valence-electron chi connectivity index (χ1n) is 5.37. The van der Waals surface area contributed by atoms with Crippen molar-refractivity contribution in [2.75, 3.05) is 0 Å². The molecule has 0 saturated heterocycles. The fraction of sp³-hybridized carbons (Fsp3) is 0.909. The molecule has 1 atom stereocenters. The summed E-state index contributed by atoms with van der Waals surface area (Å²) in [5.41, 5.74) is 0.167. The Morgan fingerprint density at radius 1 is 1.31 bits per heavy atom. The van der Waals surface area contributed by atoms with Crippen molar-refractivity contribution in [2.45, 2.75) is 45.4 Å². The maximum Gasteiger partial charge on any atom is 0.306 e. The van der Waals surface area contributed by atoms with E-state index >= 15 is 0 Å². The van der Waals surface area contributed by atoms with E-state index in [0.29, 0.717) is 0 Å². The summed E-state index contributed by atoms with van der Waals surface area (Å²) >= 11 is 0. The lowest BCUT2D eigenvalue weighted by Gasteiger charge is -2.48. The number of hydrogen-bond acceptors (Lipinski definition) is 1. The standard InChI is InChI=1S/C11H18O2/c1-8(10(12)13)11-5-2-9(3-6-11)4-7-11/h8-9H,2-7H2,1H3,(H,12,13). The van der Waals surface area contributed by atoms with E-state index in [1.54, 1.807) is 0 Å². The molecule has 1 unspecified atom stereocenters. The van der Waals surface area contributed by atoms with Crippen molar-refractivity contribution >= 4 is 5.97 Å². The zero-order valence-corrected chi connectivity index (χ0v) is 8.25. The Kier molecular flexibility index (Phi) is 2.09. The summed E-state index contributed by atoms with van der Waals surface area (Å²) < 4.78 is 0. The van der Waals surface area contributed by atoms with Gasteiger partial charge in [-0.3, -0.25) is 4.79 Å². The predicted octanol–water partition coefficient (Wildman–Crippen LogP) is 2.68. The number of hydrogen-bond donors (Lipinski definition) is 1. The van der Waals surface area contributed by atoms with Gasteiger partial charge in [0.25, 0.3) is 0 Å². The number of aliphatic carboxylic acids is 1. The van der Waals surface area contributed by atoms with Crippen LogP contribution in [0.5, 0.6) is 0 Å². The lowest BCUT2D eigenvalue weighted by molar-refractivity contribution is -0.149. The van der Waals surface area contributed by atoms with Gasteiger partial charge in [-0.1, -0.05) is 6.92 Å². The summed E-state index contributed by atoms with van der Waals surface area (Å²) in [6, 6.07) is 0. The van der Waals surface area contributed by atoms with Crippen LogP contribution in [0.25, 0.3) is 0 Å². The van der Waals surface area contributed by atoms with E-state index in [2.05, 4.69) is 0 Å². The average molecular weight is 182 g/mol. The highest BCUT2D eigenvalue weighted by Crippen LogP contribution is 2.54. The van der Waals surface area contributed by atoms with E-state index in [1.807, 2.05) is 6.92 Å². The van der Waals surface area contributed by atoms with E-state index in [9.17, 15) is 4.79 Å². The quantitative estimate of drug-likeness (QED) is 0.713. The molecule has 0 heterocycles. The normalized spacial score (nSPS) is 40.2. The van der Waals surface area contributed by atoms with Gasteiger partial charge in [-0.05, 0) is 49.9 Å². The van der Waals surface area contributed by atoms with Crippen LogP contribution in [0, 0.1) is 17.3 Å². The molecule has 3 aliphatic carbocycles. The zero-order chi connectivity index (χ0) is 9.47. The maximum atomic E-state index is 11.0. The Morgan fingerprint density at radius 3 is 2.15 bits per heavy atom. The van der Waals surface area contributed by atoms with Crippen LogP contribution in [0.4, 0.5) is 0 Å². The van der Waals surface area contributed by atoms with Crippen molar-refractivity contribution in [3.63, 3.8) is 0 Å². The van der Waals surface area contributed by atoms with Gasteiger partial charge >= 0.3 is 5.97 Å². The number of carbonyl (C=O) groups is 1. The first kappa shape index (κ1) is 9.04. The Labute approximate surface area is 79.3 Å². The first-order valence-corrected chi connectivity index (χ1v) is 5.37. The molecular weight excluding hydrogens is 164 g/mol. The van der Waals surface area contributed by atoms with Gasteiger partial charge < -0.3 is 5.11 Å². The number of carboxylic acid groups (broad SMARTS) is 1. The van der Waals surface area contributed by atoms with E-state index in [1.165, 1.54) is 19.3 Å². The molecule has 0 aliphatic heterocycles. The third kappa shape index (κ3) is 1.36. The lowest BCUT2D eigenvalue weighted by atomic mass is 9.56. The molecule has 0 spiro atoms. The molecule has 2 heteroatoms. The first-order chi connectivity index (χ1) is 6.14. The minimum absolute atomic E-state index is 0.131. The van der Waals surface area contributed by atoms with E-state index in [4.69, 9.17) is 5.11 Å². The van der Waals surface area contributed by atoms with Crippen LogP contribution in [-0.4, -0.2) is 11.1 Å². The summed E-state index contributed by atoms with van der Waals surface area (Å²) in [6.45, 7) is 1.90. The molecule has 0 aromatic rings. The molecule has 13 heavy (non-hydrogen) atoms. The zero-order valence-electron chi connectivity index (χ0n) is 8.25. The Bertz CT molecular complexity index is 200. The van der Waals surface area contributed by atoms with E-state index < -0.39 is 5.97 Å². The molecule has 3 aliphatic rings. The topological polar surface area (TPSA) is 37.3 Å². The molecule has 0 amide bonds. The molecule has 3 fully saturated rings. The monoisotopic (exact) mass is 182 g/mol. The number of rotatable bonds is 2. The van der Waals surface area contributed by atoms with Crippen LogP contribution in [-0.2, 0) is 4.79 Å². The average Bonchev–Trinajstić information content (AvgIpc) is 2.19. The highest BCUT2D eigenvalue weighted by Gasteiger charge is 2.46. The fourth-order valence-electron chi connectivity index (χ4n) is 3.19. The minimum atomic E-state index is -0.597. The Balaban J connectivity index is 2.14. The van der Waals surface area contributed by atoms with Gasteiger partial charge in [-0.25, -0.2) is 0 Å². The second-order valence-electron chi connectivity index (χ2n) is 4.90. The van der Waals surface area contributed by atoms with Crippen molar-refractivity contribution in [1.29, 1.82) is 0 Å². The lowest BCUT2D eigenvalue weighted by Crippen LogP contribution is -2.41. The summed E-state index contributed by atoms with van der Waals surface area (Å²) in [4.78, 5) is 11.0. The van der Waals surface area contributed by atoms with Crippen molar-refractivity contribution in [2.24, 2.45) is 17.3 Å². The second kappa shape index (κ2) is 3.00. The maximum absolute atomic E-state index is 11.0. The molecule has 0 aromatic carbocycles. The molecule has 74 valence electrons. The summed E-state index contributed by atoms with van der Waals surface area (Å²) in [6.07, 6.45) is 7.30. The van der Waals surface area contributed by atoms with Gasteiger partial charge in [0.05, 0.1) is 5.92 Å². The van der Waals surface area contributed by atoms with Crippen LogP contribution in [0.15, 0.2) is 0 Å². The molecular formula is C11H18O2. The molecule has 3 saturated carbocycles. The minimum Gasteiger partial charge on any atom is -0.481 e. The van der Waals surface area contributed by atoms with Crippen molar-refractivity contribution in [3.8, 4) is 0 Å². The van der Waals surface area contributed by atoms with Gasteiger partial charge in [0, 0.05) is 0 Å². The third-order valence-corrected chi connectivity index (χ3v) is 4.44. The van der Waals surface area contributed by atoms with E-state index in [0.717, 1.165) is 25.2 Å². The van der Waals surface area contributed by atoms with Gasteiger partial charge in [0.15, 0.2) is 0 Å². The van der Waals surface area contributed by atoms with Gasteiger partial charge in [0.2, 0.25) is 0 Å². The van der Waals surface area contributed by atoms with Crippen LogP contribution >= 0.6 is 0 Å². The van der Waals surface area contributed by atoms with Gasteiger partial charge in [-0.2, -0.15) is 0 Å². The third-order valence-electron chi connectivity index (χ3n) is 4.44. The summed E-state index contributed by atoms with van der Waals surface area (Å²) in [5, 5.41) is 9.05. The van der Waals surface area contributed by atoms with Crippen molar-refractivity contribution in [3.05, 3.63) is 0 Å². The van der Waals surface area contributed by atoms with Crippen LogP contribution in [0.3, 0.4) is 0 Å². The highest BCUT2D eigenvalue weighted by atomic mass is 16.4. The molecule has 3 rings (SSSR count). The largest absolute Gasteiger partial charge is 0.481 e. The molecule has 2 bridgehead atoms.